The molecule has 0 aliphatic carbocycles. The quantitative estimate of drug-likeness (QED) is 0.770. The normalized spacial score (nSPS) is 22.9. The molecule has 0 N–H and O–H groups in total. The van der Waals surface area contributed by atoms with E-state index in [4.69, 9.17) is 0 Å². The standard InChI is InChI=1S/C17H22F3N5O2S/c1-12-9-15(17(18,19)20)25-16(21-12)10-14(22-25)13-5-4-8-24(11-13)28(26,27)23-6-2-3-7-23/h9-10,13H,2-8,11H2,1H3. The number of hydrogen-bond donors (Lipinski definition) is 0. The number of rotatable bonds is 3. The van der Waals surface area contributed by atoms with Crippen molar-refractivity contribution in [3.05, 3.63) is 29.2 Å². The van der Waals surface area contributed by atoms with E-state index < -0.39 is 22.1 Å². The molecule has 0 bridgehead atoms. The molecule has 2 aliphatic rings. The third-order valence-electron chi connectivity index (χ3n) is 5.38. The predicted octanol–water partition coefficient (Wildman–Crippen LogP) is 2.58. The van der Waals surface area contributed by atoms with Gasteiger partial charge in [0, 0.05) is 43.9 Å². The van der Waals surface area contributed by atoms with Crippen LogP contribution in [0, 0.1) is 6.92 Å². The van der Waals surface area contributed by atoms with Crippen LogP contribution in [0.5, 0.6) is 0 Å². The van der Waals surface area contributed by atoms with Gasteiger partial charge in [-0.05, 0) is 38.7 Å². The van der Waals surface area contributed by atoms with E-state index in [-0.39, 0.29) is 23.8 Å². The molecule has 2 fully saturated rings. The van der Waals surface area contributed by atoms with Crippen LogP contribution < -0.4 is 0 Å². The summed E-state index contributed by atoms with van der Waals surface area (Å²) in [6.07, 6.45) is -1.52. The third kappa shape index (κ3) is 3.50. The first-order chi connectivity index (χ1) is 13.2. The lowest BCUT2D eigenvalue weighted by Gasteiger charge is -2.33. The molecular formula is C17H22F3N5O2S. The molecule has 1 atom stereocenters. The van der Waals surface area contributed by atoms with Crippen molar-refractivity contribution in [3.8, 4) is 0 Å². The largest absolute Gasteiger partial charge is 0.433 e. The van der Waals surface area contributed by atoms with Crippen LogP contribution in [0.15, 0.2) is 12.1 Å². The average molecular weight is 417 g/mol. The molecule has 11 heteroatoms. The minimum Gasteiger partial charge on any atom is -0.234 e. The van der Waals surface area contributed by atoms with Crippen molar-refractivity contribution in [3.63, 3.8) is 0 Å². The van der Waals surface area contributed by atoms with Crippen LogP contribution in [0.25, 0.3) is 5.65 Å². The van der Waals surface area contributed by atoms with Gasteiger partial charge in [-0.25, -0.2) is 9.50 Å². The number of aryl methyl sites for hydroxylation is 1. The Morgan fingerprint density at radius 2 is 1.75 bits per heavy atom. The second-order valence-electron chi connectivity index (χ2n) is 7.43. The molecule has 4 rings (SSSR count). The fourth-order valence-corrected chi connectivity index (χ4v) is 5.77. The Balaban J connectivity index is 1.65. The maximum Gasteiger partial charge on any atom is 0.433 e. The van der Waals surface area contributed by atoms with Crippen molar-refractivity contribution in [2.24, 2.45) is 0 Å². The van der Waals surface area contributed by atoms with Gasteiger partial charge in [-0.2, -0.15) is 35.3 Å². The van der Waals surface area contributed by atoms with E-state index in [9.17, 15) is 21.6 Å². The summed E-state index contributed by atoms with van der Waals surface area (Å²) in [5, 5.41) is 4.16. The molecule has 7 nitrogen and oxygen atoms in total. The van der Waals surface area contributed by atoms with Gasteiger partial charge in [0.05, 0.1) is 5.69 Å². The summed E-state index contributed by atoms with van der Waals surface area (Å²) >= 11 is 0. The van der Waals surface area contributed by atoms with Gasteiger partial charge in [0.1, 0.15) is 5.69 Å². The molecule has 4 heterocycles. The van der Waals surface area contributed by atoms with E-state index in [1.165, 1.54) is 15.5 Å². The Labute approximate surface area is 161 Å². The summed E-state index contributed by atoms with van der Waals surface area (Å²) in [5.74, 6) is -0.255. The Hall–Kier alpha value is -1.72. The molecule has 2 aromatic rings. The van der Waals surface area contributed by atoms with Crippen molar-refractivity contribution >= 4 is 15.9 Å². The van der Waals surface area contributed by atoms with Crippen LogP contribution in [0.3, 0.4) is 0 Å². The molecule has 0 spiro atoms. The fourth-order valence-electron chi connectivity index (χ4n) is 3.99. The lowest BCUT2D eigenvalue weighted by molar-refractivity contribution is -0.142. The number of piperidine rings is 1. The number of hydrogen-bond acceptors (Lipinski definition) is 4. The molecule has 0 saturated carbocycles. The second kappa shape index (κ2) is 6.96. The van der Waals surface area contributed by atoms with Gasteiger partial charge in [0.15, 0.2) is 5.65 Å². The van der Waals surface area contributed by atoms with Gasteiger partial charge in [0.2, 0.25) is 0 Å². The van der Waals surface area contributed by atoms with E-state index in [0.717, 1.165) is 23.4 Å². The zero-order chi connectivity index (χ0) is 20.1. The maximum absolute atomic E-state index is 13.4. The van der Waals surface area contributed by atoms with Crippen molar-refractivity contribution in [2.75, 3.05) is 26.2 Å². The highest BCUT2D eigenvalue weighted by Gasteiger charge is 2.38. The summed E-state index contributed by atoms with van der Waals surface area (Å²) in [6, 6.07) is 2.51. The minimum atomic E-state index is -4.55. The van der Waals surface area contributed by atoms with Crippen molar-refractivity contribution in [1.29, 1.82) is 0 Å². The first-order valence-electron chi connectivity index (χ1n) is 9.36. The molecule has 0 aromatic carbocycles. The van der Waals surface area contributed by atoms with E-state index >= 15 is 0 Å². The van der Waals surface area contributed by atoms with Gasteiger partial charge >= 0.3 is 6.18 Å². The van der Waals surface area contributed by atoms with Crippen LogP contribution in [-0.4, -0.2) is 57.8 Å². The van der Waals surface area contributed by atoms with Gasteiger partial charge in [-0.3, -0.25) is 0 Å². The smallest absolute Gasteiger partial charge is 0.234 e. The Bertz CT molecular complexity index is 983. The number of nitrogens with zero attached hydrogens (tertiary/aromatic N) is 5. The van der Waals surface area contributed by atoms with Crippen LogP contribution in [0.1, 0.15) is 48.7 Å². The molecule has 0 amide bonds. The van der Waals surface area contributed by atoms with E-state index in [0.29, 0.717) is 38.2 Å². The third-order valence-corrected chi connectivity index (χ3v) is 7.39. The molecule has 2 aliphatic heterocycles. The predicted molar refractivity (Wildman–Crippen MR) is 96.0 cm³/mol. The summed E-state index contributed by atoms with van der Waals surface area (Å²) in [6.45, 7) is 3.20. The van der Waals surface area contributed by atoms with Gasteiger partial charge in [0.25, 0.3) is 10.2 Å². The summed E-state index contributed by atoms with van der Waals surface area (Å²) in [5.41, 5.74) is -0.0430. The first-order valence-corrected chi connectivity index (χ1v) is 10.8. The number of halogens is 3. The lowest BCUT2D eigenvalue weighted by Crippen LogP contribution is -2.46. The van der Waals surface area contributed by atoms with Crippen LogP contribution in [0.2, 0.25) is 0 Å². The average Bonchev–Trinajstić information content (AvgIpc) is 3.30. The highest BCUT2D eigenvalue weighted by atomic mass is 32.2. The highest BCUT2D eigenvalue weighted by molar-refractivity contribution is 7.86. The number of aromatic nitrogens is 3. The molecule has 1 unspecified atom stereocenters. The van der Waals surface area contributed by atoms with Gasteiger partial charge in [-0.15, -0.1) is 0 Å². The van der Waals surface area contributed by atoms with Gasteiger partial charge in [-0.1, -0.05) is 0 Å². The minimum absolute atomic E-state index is 0.127. The molecule has 0 radical (unpaired) electrons. The van der Waals surface area contributed by atoms with E-state index in [1.807, 2.05) is 0 Å². The van der Waals surface area contributed by atoms with Crippen LogP contribution >= 0.6 is 0 Å². The Morgan fingerprint density at radius 1 is 1.07 bits per heavy atom. The molecule has 28 heavy (non-hydrogen) atoms. The van der Waals surface area contributed by atoms with Crippen LogP contribution in [0.4, 0.5) is 13.2 Å². The summed E-state index contributed by atoms with van der Waals surface area (Å²) < 4.78 is 69.5. The zero-order valence-corrected chi connectivity index (χ0v) is 16.3. The molecular weight excluding hydrogens is 395 g/mol. The SMILES string of the molecule is Cc1cc(C(F)(F)F)n2nc(C3CCCN(S(=O)(=O)N4CCCC4)C3)cc2n1. The first kappa shape index (κ1) is 19.6. The topological polar surface area (TPSA) is 70.8 Å². The Morgan fingerprint density at radius 3 is 2.43 bits per heavy atom. The van der Waals surface area contributed by atoms with Crippen molar-refractivity contribution in [2.45, 2.75) is 44.7 Å². The summed E-state index contributed by atoms with van der Waals surface area (Å²) in [4.78, 5) is 4.16. The fraction of sp³-hybridized carbons (Fsp3) is 0.647. The summed E-state index contributed by atoms with van der Waals surface area (Å²) in [7, 11) is -3.53. The molecule has 2 aromatic heterocycles. The lowest BCUT2D eigenvalue weighted by atomic mass is 9.96. The second-order valence-corrected chi connectivity index (χ2v) is 9.36. The van der Waals surface area contributed by atoms with Gasteiger partial charge < -0.3 is 0 Å². The number of fused-ring (bicyclic) bond motifs is 1. The number of alkyl halides is 3. The maximum atomic E-state index is 13.4. The van der Waals surface area contributed by atoms with Crippen LogP contribution in [-0.2, 0) is 16.4 Å². The van der Waals surface area contributed by atoms with Crippen molar-refractivity contribution in [1.82, 2.24) is 23.2 Å². The highest BCUT2D eigenvalue weighted by Crippen LogP contribution is 2.33. The zero-order valence-electron chi connectivity index (χ0n) is 15.5. The monoisotopic (exact) mass is 417 g/mol. The molecule has 2 saturated heterocycles. The molecule has 154 valence electrons. The Kier molecular flexibility index (Phi) is 4.87. The van der Waals surface area contributed by atoms with E-state index in [2.05, 4.69) is 10.1 Å². The van der Waals surface area contributed by atoms with E-state index in [1.54, 1.807) is 6.07 Å². The van der Waals surface area contributed by atoms with Crippen molar-refractivity contribution < 1.29 is 21.6 Å².